The quantitative estimate of drug-likeness (QED) is 0.0948. The Labute approximate surface area is 332 Å². The predicted molar refractivity (Wildman–Crippen MR) is 214 cm³/mol. The van der Waals surface area contributed by atoms with E-state index in [0.29, 0.717) is 24.1 Å². The summed E-state index contributed by atoms with van der Waals surface area (Å²) in [6.07, 6.45) is 9.50. The number of carbonyl (C=O) groups is 3. The molecule has 4 heterocycles. The summed E-state index contributed by atoms with van der Waals surface area (Å²) in [5.41, 5.74) is 6.57. The fraction of sp³-hybridized carbons (Fsp3) is 0.409. The number of rotatable bonds is 12. The van der Waals surface area contributed by atoms with Crippen molar-refractivity contribution in [1.29, 1.82) is 0 Å². The van der Waals surface area contributed by atoms with Crippen molar-refractivity contribution in [2.75, 3.05) is 20.3 Å². The number of carbonyl (C=O) groups excluding carboxylic acids is 3. The van der Waals surface area contributed by atoms with Crippen LogP contribution in [0.25, 0.3) is 33.6 Å². The number of hydrogen-bond donors (Lipinski definition) is 5. The zero-order chi connectivity index (χ0) is 39.6. The van der Waals surface area contributed by atoms with Gasteiger partial charge in [-0.15, -0.1) is 0 Å². The minimum absolute atomic E-state index is 0.00326. The van der Waals surface area contributed by atoms with Crippen LogP contribution in [-0.4, -0.2) is 79.1 Å². The molecule has 0 spiro atoms. The molecule has 3 aliphatic rings. The number of fused-ring (bicyclic) bond motifs is 2. The van der Waals surface area contributed by atoms with E-state index in [0.717, 1.165) is 77.4 Å². The molecule has 2 aliphatic carbocycles. The Balaban J connectivity index is 0.925. The van der Waals surface area contributed by atoms with Gasteiger partial charge in [0.15, 0.2) is 0 Å². The second-order valence-corrected chi connectivity index (χ2v) is 15.9. The van der Waals surface area contributed by atoms with Crippen LogP contribution in [0.3, 0.4) is 0 Å². The maximum atomic E-state index is 13.8. The number of imidazole rings is 2. The molecular formula is C44H50N8O5. The highest BCUT2D eigenvalue weighted by Gasteiger charge is 2.52. The zero-order valence-electron chi connectivity index (χ0n) is 32.5. The van der Waals surface area contributed by atoms with E-state index in [1.165, 1.54) is 7.11 Å². The van der Waals surface area contributed by atoms with Crippen molar-refractivity contribution in [3.63, 3.8) is 0 Å². The van der Waals surface area contributed by atoms with E-state index in [9.17, 15) is 19.5 Å². The Kier molecular flexibility index (Phi) is 10.9. The van der Waals surface area contributed by atoms with E-state index in [1.54, 1.807) is 6.20 Å². The molecule has 8 rings (SSSR count). The largest absolute Gasteiger partial charge is 0.453 e. The van der Waals surface area contributed by atoms with E-state index >= 15 is 0 Å². The maximum absolute atomic E-state index is 13.8. The maximum Gasteiger partial charge on any atom is 0.407 e. The Morgan fingerprint density at radius 1 is 0.825 bits per heavy atom. The number of alkyl carbamates (subject to hydrolysis) is 1. The second-order valence-electron chi connectivity index (χ2n) is 15.9. The molecule has 5 N–H and O–H groups in total. The Bertz CT molecular complexity index is 2180. The average Bonchev–Trinajstić information content (AvgIpc) is 4.10. The molecule has 13 nitrogen and oxygen atoms in total. The Hall–Kier alpha value is -5.82. The van der Waals surface area contributed by atoms with E-state index in [1.807, 2.05) is 49.3 Å². The number of ether oxygens (including phenoxy) is 1. The van der Waals surface area contributed by atoms with Gasteiger partial charge in [-0.1, -0.05) is 68.4 Å². The molecule has 296 valence electrons. The van der Waals surface area contributed by atoms with E-state index in [2.05, 4.69) is 79.1 Å². The molecule has 5 aromatic rings. The standard InChI is InChI=1S/C44H50N8O5/c1-25(2)39(51-44(56)57-3)43(55)52-20-6-8-36(52)40-46-22-33(48-40)28-13-9-26(10-14-28)27-11-15-29(16-12-27)34-23-47-41(49-34)37-30-17-18-31(21-30)38(37)42(54)50-35(24-53)32-7-4-5-19-45-32/h4-5,7,9-16,19,22-23,25,30-31,35-39,53H,6,8,17-18,20-21,24H2,1-3H3,(H,46,48)(H,47,49)(H,50,54)(H,51,56)/t30?,31?,35?,36-,37-,38-,39-/m0/s1. The number of benzene rings is 2. The number of aliphatic hydroxyl groups excluding tert-OH is 1. The number of hydrogen-bond acceptors (Lipinski definition) is 8. The number of H-pyrrole nitrogens is 2. The van der Waals surface area contributed by atoms with Crippen LogP contribution >= 0.6 is 0 Å². The van der Waals surface area contributed by atoms with Gasteiger partial charge in [-0.05, 0) is 84.2 Å². The number of methoxy groups -OCH3 is 1. The summed E-state index contributed by atoms with van der Waals surface area (Å²) < 4.78 is 4.76. The van der Waals surface area contributed by atoms with Gasteiger partial charge in [-0.3, -0.25) is 14.6 Å². The van der Waals surface area contributed by atoms with Gasteiger partial charge in [-0.2, -0.15) is 0 Å². The molecule has 2 saturated carbocycles. The highest BCUT2D eigenvalue weighted by molar-refractivity contribution is 5.86. The normalized spacial score (nSPS) is 22.4. The summed E-state index contributed by atoms with van der Waals surface area (Å²) in [5, 5.41) is 15.9. The molecule has 2 bridgehead atoms. The first-order valence-corrected chi connectivity index (χ1v) is 20.0. The molecule has 2 aromatic carbocycles. The lowest BCUT2D eigenvalue weighted by atomic mass is 9.78. The van der Waals surface area contributed by atoms with Crippen LogP contribution in [0, 0.1) is 23.7 Å². The van der Waals surface area contributed by atoms with E-state index < -0.39 is 18.2 Å². The van der Waals surface area contributed by atoms with Crippen molar-refractivity contribution < 1.29 is 24.2 Å². The molecule has 3 amide bonds. The van der Waals surface area contributed by atoms with Gasteiger partial charge in [-0.25, -0.2) is 14.8 Å². The fourth-order valence-electron chi connectivity index (χ4n) is 9.31. The summed E-state index contributed by atoms with van der Waals surface area (Å²) in [6.45, 7) is 4.19. The predicted octanol–water partition coefficient (Wildman–Crippen LogP) is 6.55. The highest BCUT2D eigenvalue weighted by Crippen LogP contribution is 2.56. The number of nitrogens with zero attached hydrogens (tertiary/aromatic N) is 4. The third-order valence-corrected chi connectivity index (χ3v) is 12.2. The van der Waals surface area contributed by atoms with Crippen LogP contribution in [-0.2, 0) is 14.3 Å². The van der Waals surface area contributed by atoms with Gasteiger partial charge in [0.2, 0.25) is 11.8 Å². The summed E-state index contributed by atoms with van der Waals surface area (Å²) in [6, 6.07) is 20.8. The van der Waals surface area contributed by atoms with Gasteiger partial charge in [0, 0.05) is 18.7 Å². The third kappa shape index (κ3) is 7.68. The molecule has 13 heteroatoms. The molecule has 1 aliphatic heterocycles. The second kappa shape index (κ2) is 16.3. The summed E-state index contributed by atoms with van der Waals surface area (Å²) in [4.78, 5) is 62.0. The van der Waals surface area contributed by atoms with Gasteiger partial charge in [0.1, 0.15) is 17.7 Å². The van der Waals surface area contributed by atoms with Gasteiger partial charge >= 0.3 is 6.09 Å². The summed E-state index contributed by atoms with van der Waals surface area (Å²) >= 11 is 0. The number of aromatic amines is 2. The first-order valence-electron chi connectivity index (χ1n) is 20.0. The lowest BCUT2D eigenvalue weighted by Crippen LogP contribution is -2.51. The molecule has 0 radical (unpaired) electrons. The number of amides is 3. The van der Waals surface area contributed by atoms with Crippen LogP contribution in [0.2, 0.25) is 0 Å². The molecular weight excluding hydrogens is 721 g/mol. The van der Waals surface area contributed by atoms with Crippen LogP contribution in [0.5, 0.6) is 0 Å². The minimum Gasteiger partial charge on any atom is -0.453 e. The van der Waals surface area contributed by atoms with Crippen LogP contribution in [0.1, 0.15) is 81.3 Å². The van der Waals surface area contributed by atoms with Crippen LogP contribution in [0.15, 0.2) is 85.3 Å². The van der Waals surface area contributed by atoms with Crippen molar-refractivity contribution in [3.8, 4) is 33.6 Å². The number of aromatic nitrogens is 5. The molecule has 1 saturated heterocycles. The smallest absolute Gasteiger partial charge is 0.407 e. The fourth-order valence-corrected chi connectivity index (χ4v) is 9.31. The number of aliphatic hydroxyl groups is 1. The van der Waals surface area contributed by atoms with Crippen molar-refractivity contribution in [2.24, 2.45) is 23.7 Å². The summed E-state index contributed by atoms with van der Waals surface area (Å²) in [7, 11) is 1.29. The minimum atomic E-state index is -0.684. The van der Waals surface area contributed by atoms with Crippen molar-refractivity contribution in [1.82, 2.24) is 40.5 Å². The van der Waals surface area contributed by atoms with E-state index in [4.69, 9.17) is 9.72 Å². The SMILES string of the molecule is COC(=O)N[C@H](C(=O)N1CCC[C@H]1c1ncc(-c2ccc(-c3ccc(-c4cnc([C@H]5C6CCC(C6)[C@@H]5C(=O)NC(CO)c5ccccn5)[nH]4)cc3)cc2)[nH]1)C(C)C. The van der Waals surface area contributed by atoms with Crippen molar-refractivity contribution in [3.05, 3.63) is 103 Å². The molecule has 3 aromatic heterocycles. The van der Waals surface area contributed by atoms with Crippen molar-refractivity contribution >= 4 is 17.9 Å². The number of nitrogens with one attached hydrogen (secondary N) is 4. The molecule has 3 fully saturated rings. The average molecular weight is 771 g/mol. The lowest BCUT2D eigenvalue weighted by molar-refractivity contribution is -0.135. The molecule has 3 unspecified atom stereocenters. The molecule has 57 heavy (non-hydrogen) atoms. The Morgan fingerprint density at radius 3 is 2.07 bits per heavy atom. The number of pyridine rings is 1. The van der Waals surface area contributed by atoms with Gasteiger partial charge in [0.25, 0.3) is 0 Å². The highest BCUT2D eigenvalue weighted by atomic mass is 16.5. The third-order valence-electron chi connectivity index (χ3n) is 12.2. The summed E-state index contributed by atoms with van der Waals surface area (Å²) in [5.74, 6) is 1.78. The first kappa shape index (κ1) is 38.1. The lowest BCUT2D eigenvalue weighted by Gasteiger charge is -2.30. The topological polar surface area (TPSA) is 178 Å². The van der Waals surface area contributed by atoms with E-state index in [-0.39, 0.29) is 42.2 Å². The zero-order valence-corrected chi connectivity index (χ0v) is 32.5. The van der Waals surface area contributed by atoms with Gasteiger partial charge in [0.05, 0.1) is 61.2 Å². The monoisotopic (exact) mass is 770 g/mol. The van der Waals surface area contributed by atoms with Crippen molar-refractivity contribution in [2.45, 2.75) is 70.0 Å². The first-order chi connectivity index (χ1) is 27.7. The van der Waals surface area contributed by atoms with Crippen LogP contribution in [0.4, 0.5) is 4.79 Å². The number of likely N-dealkylation sites (tertiary alicyclic amines) is 1. The van der Waals surface area contributed by atoms with Gasteiger partial charge < -0.3 is 35.3 Å². The Morgan fingerprint density at radius 2 is 1.46 bits per heavy atom. The van der Waals surface area contributed by atoms with Crippen LogP contribution < -0.4 is 10.6 Å². The molecule has 7 atom stereocenters.